The molecule has 18 heavy (non-hydrogen) atoms. The van der Waals surface area contributed by atoms with Crippen LogP contribution in [-0.4, -0.2) is 19.1 Å². The van der Waals surface area contributed by atoms with Gasteiger partial charge in [-0.15, -0.1) is 0 Å². The molecule has 5 nitrogen and oxygen atoms in total. The number of ether oxygens (including phenoxy) is 1. The van der Waals surface area contributed by atoms with Crippen molar-refractivity contribution in [2.24, 2.45) is 0 Å². The molecule has 2 rings (SSSR count). The number of hydrogen-bond acceptors (Lipinski definition) is 4. The van der Waals surface area contributed by atoms with Gasteiger partial charge >= 0.3 is 6.09 Å². The number of amides is 2. The van der Waals surface area contributed by atoms with Crippen LogP contribution in [0.5, 0.6) is 0 Å². The number of benzene rings is 1. The number of nitrogen functional groups attached to an aromatic ring is 1. The standard InChI is InChI=1S/C13H16N2O3/c1-7-5-8(14)6-9-10(7)13(2,3)11(16)15(9)12(17)18-4/h5-6H,14H2,1-4H3. The van der Waals surface area contributed by atoms with Crippen molar-refractivity contribution < 1.29 is 14.3 Å². The number of methoxy groups -OCH3 is 1. The molecule has 0 bridgehead atoms. The summed E-state index contributed by atoms with van der Waals surface area (Å²) in [5.74, 6) is -0.293. The third kappa shape index (κ3) is 1.47. The zero-order valence-corrected chi connectivity index (χ0v) is 10.9. The number of carbonyl (C=O) groups is 2. The second kappa shape index (κ2) is 3.73. The Morgan fingerprint density at radius 3 is 2.56 bits per heavy atom. The zero-order chi connectivity index (χ0) is 13.7. The Kier molecular flexibility index (Phi) is 2.57. The van der Waals surface area contributed by atoms with E-state index in [0.29, 0.717) is 11.4 Å². The van der Waals surface area contributed by atoms with Crippen LogP contribution < -0.4 is 10.6 Å². The summed E-state index contributed by atoms with van der Waals surface area (Å²) in [6.07, 6.45) is -0.683. The molecule has 0 radical (unpaired) electrons. The van der Waals surface area contributed by atoms with Crippen LogP contribution in [0.2, 0.25) is 0 Å². The summed E-state index contributed by atoms with van der Waals surface area (Å²) < 4.78 is 4.66. The average molecular weight is 248 g/mol. The summed E-state index contributed by atoms with van der Waals surface area (Å²) in [4.78, 5) is 25.1. The van der Waals surface area contributed by atoms with Crippen molar-refractivity contribution in [1.82, 2.24) is 0 Å². The van der Waals surface area contributed by atoms with Gasteiger partial charge in [0.05, 0.1) is 18.2 Å². The molecule has 0 saturated carbocycles. The SMILES string of the molecule is COC(=O)N1C(=O)C(C)(C)c2c(C)cc(N)cc21. The van der Waals surface area contributed by atoms with Gasteiger partial charge < -0.3 is 10.5 Å². The van der Waals surface area contributed by atoms with Gasteiger partial charge in [0.1, 0.15) is 0 Å². The number of hydrogen-bond donors (Lipinski definition) is 1. The fraction of sp³-hybridized carbons (Fsp3) is 0.385. The molecule has 1 aromatic carbocycles. The van der Waals surface area contributed by atoms with E-state index in [-0.39, 0.29) is 5.91 Å². The van der Waals surface area contributed by atoms with Crippen molar-refractivity contribution >= 4 is 23.4 Å². The summed E-state index contributed by atoms with van der Waals surface area (Å²) in [5.41, 5.74) is 7.80. The molecular weight excluding hydrogens is 232 g/mol. The number of carbonyl (C=O) groups excluding carboxylic acids is 2. The first kappa shape index (κ1) is 12.4. The van der Waals surface area contributed by atoms with Crippen molar-refractivity contribution in [1.29, 1.82) is 0 Å². The van der Waals surface area contributed by atoms with Crippen molar-refractivity contribution in [3.8, 4) is 0 Å². The maximum Gasteiger partial charge on any atom is 0.420 e. The fourth-order valence-corrected chi connectivity index (χ4v) is 2.55. The molecular formula is C13H16N2O3. The molecule has 1 aromatic rings. The molecule has 2 N–H and O–H groups in total. The van der Waals surface area contributed by atoms with E-state index >= 15 is 0 Å². The van der Waals surface area contributed by atoms with E-state index in [9.17, 15) is 9.59 Å². The number of rotatable bonds is 0. The minimum absolute atomic E-state index is 0.293. The monoisotopic (exact) mass is 248 g/mol. The van der Waals surface area contributed by atoms with Gasteiger partial charge in [-0.05, 0) is 44.0 Å². The second-order valence-corrected chi connectivity index (χ2v) is 4.97. The Labute approximate surface area is 106 Å². The highest BCUT2D eigenvalue weighted by Gasteiger charge is 2.48. The summed E-state index contributed by atoms with van der Waals surface area (Å²) in [6, 6.07) is 3.43. The zero-order valence-electron chi connectivity index (χ0n) is 10.9. The van der Waals surface area contributed by atoms with Crippen LogP contribution >= 0.6 is 0 Å². The molecule has 0 aromatic heterocycles. The number of aryl methyl sites for hydroxylation is 1. The van der Waals surface area contributed by atoms with Crippen molar-refractivity contribution in [2.75, 3.05) is 17.7 Å². The van der Waals surface area contributed by atoms with E-state index in [0.717, 1.165) is 16.0 Å². The van der Waals surface area contributed by atoms with Gasteiger partial charge in [-0.3, -0.25) is 4.79 Å². The third-order valence-electron chi connectivity index (χ3n) is 3.30. The van der Waals surface area contributed by atoms with Gasteiger partial charge in [0.2, 0.25) is 5.91 Å². The highest BCUT2D eigenvalue weighted by molar-refractivity contribution is 6.21. The van der Waals surface area contributed by atoms with E-state index in [1.807, 2.05) is 6.92 Å². The van der Waals surface area contributed by atoms with Crippen LogP contribution in [0.3, 0.4) is 0 Å². The number of fused-ring (bicyclic) bond motifs is 1. The van der Waals surface area contributed by atoms with Crippen LogP contribution in [0.15, 0.2) is 12.1 Å². The van der Waals surface area contributed by atoms with Crippen molar-refractivity contribution in [3.05, 3.63) is 23.3 Å². The molecule has 2 amide bonds. The van der Waals surface area contributed by atoms with Gasteiger partial charge in [0, 0.05) is 5.69 Å². The van der Waals surface area contributed by atoms with E-state index in [1.54, 1.807) is 26.0 Å². The molecule has 0 fully saturated rings. The smallest absolute Gasteiger partial charge is 0.420 e. The number of anilines is 2. The maximum atomic E-state index is 12.3. The highest BCUT2D eigenvalue weighted by Crippen LogP contribution is 2.44. The maximum absolute atomic E-state index is 12.3. The first-order valence-corrected chi connectivity index (χ1v) is 5.63. The van der Waals surface area contributed by atoms with Crippen LogP contribution in [0.25, 0.3) is 0 Å². The van der Waals surface area contributed by atoms with Crippen molar-refractivity contribution in [2.45, 2.75) is 26.2 Å². The number of nitrogens with two attached hydrogens (primary N) is 1. The highest BCUT2D eigenvalue weighted by atomic mass is 16.5. The van der Waals surface area contributed by atoms with Gasteiger partial charge in [0.15, 0.2) is 0 Å². The van der Waals surface area contributed by atoms with Crippen LogP contribution in [0.4, 0.5) is 16.2 Å². The Hall–Kier alpha value is -2.04. The summed E-state index contributed by atoms with van der Waals surface area (Å²) >= 11 is 0. The molecule has 0 aliphatic carbocycles. The van der Waals surface area contributed by atoms with E-state index < -0.39 is 11.5 Å². The lowest BCUT2D eigenvalue weighted by molar-refractivity contribution is -0.121. The third-order valence-corrected chi connectivity index (χ3v) is 3.30. The Bertz CT molecular complexity index is 549. The Morgan fingerprint density at radius 2 is 2.00 bits per heavy atom. The summed E-state index contributed by atoms with van der Waals surface area (Å²) in [6.45, 7) is 5.46. The first-order valence-electron chi connectivity index (χ1n) is 5.63. The number of nitrogens with zero attached hydrogens (tertiary/aromatic N) is 1. The second-order valence-electron chi connectivity index (χ2n) is 4.97. The predicted octanol–water partition coefficient (Wildman–Crippen LogP) is 1.97. The van der Waals surface area contributed by atoms with Crippen LogP contribution in [0, 0.1) is 6.92 Å². The van der Waals surface area contributed by atoms with Gasteiger partial charge in [0.25, 0.3) is 0 Å². The lowest BCUT2D eigenvalue weighted by atomic mass is 9.83. The summed E-state index contributed by atoms with van der Waals surface area (Å²) in [5, 5.41) is 0. The predicted molar refractivity (Wildman–Crippen MR) is 68.5 cm³/mol. The van der Waals surface area contributed by atoms with Gasteiger partial charge in [-0.1, -0.05) is 0 Å². The largest absolute Gasteiger partial charge is 0.452 e. The molecule has 1 aliphatic rings. The van der Waals surface area contributed by atoms with Crippen LogP contribution in [0.1, 0.15) is 25.0 Å². The first-order chi connectivity index (χ1) is 8.30. The lowest BCUT2D eigenvalue weighted by Gasteiger charge is -2.18. The summed E-state index contributed by atoms with van der Waals surface area (Å²) in [7, 11) is 1.25. The Morgan fingerprint density at radius 1 is 1.39 bits per heavy atom. The fourth-order valence-electron chi connectivity index (χ4n) is 2.55. The lowest BCUT2D eigenvalue weighted by Crippen LogP contribution is -2.40. The molecule has 0 saturated heterocycles. The molecule has 5 heteroatoms. The van der Waals surface area contributed by atoms with Crippen LogP contribution in [-0.2, 0) is 14.9 Å². The molecule has 1 heterocycles. The molecule has 0 spiro atoms. The molecule has 0 unspecified atom stereocenters. The average Bonchev–Trinajstić information content (AvgIpc) is 2.46. The Balaban J connectivity index is 2.73. The number of imide groups is 1. The molecule has 96 valence electrons. The van der Waals surface area contributed by atoms with E-state index in [1.165, 1.54) is 7.11 Å². The quantitative estimate of drug-likeness (QED) is 0.712. The minimum atomic E-state index is -0.749. The van der Waals surface area contributed by atoms with E-state index in [4.69, 9.17) is 5.73 Å². The van der Waals surface area contributed by atoms with Gasteiger partial charge in [-0.2, -0.15) is 0 Å². The normalized spacial score (nSPS) is 16.7. The molecule has 1 aliphatic heterocycles. The van der Waals surface area contributed by atoms with Crippen molar-refractivity contribution in [3.63, 3.8) is 0 Å². The van der Waals surface area contributed by atoms with E-state index in [2.05, 4.69) is 4.74 Å². The topological polar surface area (TPSA) is 72.6 Å². The molecule has 0 atom stereocenters. The minimum Gasteiger partial charge on any atom is -0.452 e. The van der Waals surface area contributed by atoms with Gasteiger partial charge in [-0.25, -0.2) is 9.69 Å².